The van der Waals surface area contributed by atoms with Gasteiger partial charge in [-0.1, -0.05) is 30.8 Å². The topological polar surface area (TPSA) is 55.6 Å². The fourth-order valence-corrected chi connectivity index (χ4v) is 2.51. The van der Waals surface area contributed by atoms with Gasteiger partial charge in [0.2, 0.25) is 5.16 Å². The Bertz CT molecular complexity index is 514. The Hall–Kier alpha value is -1.47. The van der Waals surface area contributed by atoms with E-state index in [-0.39, 0.29) is 5.82 Å². The molecule has 0 aliphatic heterocycles. The summed E-state index contributed by atoms with van der Waals surface area (Å²) in [4.78, 5) is 0. The average molecular weight is 295 g/mol. The second kappa shape index (κ2) is 7.96. The van der Waals surface area contributed by atoms with Crippen molar-refractivity contribution in [2.24, 2.45) is 0 Å². The lowest BCUT2D eigenvalue weighted by atomic mass is 10.2. The van der Waals surface area contributed by atoms with E-state index in [1.165, 1.54) is 12.1 Å². The predicted molar refractivity (Wildman–Crippen MR) is 76.9 cm³/mol. The van der Waals surface area contributed by atoms with Gasteiger partial charge in [0.15, 0.2) is 0 Å². The molecule has 0 bridgehead atoms. The molecule has 0 aliphatic rings. The van der Waals surface area contributed by atoms with Crippen LogP contribution in [-0.4, -0.2) is 33.3 Å². The molecule has 0 spiro atoms. The fourth-order valence-electron chi connectivity index (χ4n) is 1.66. The van der Waals surface area contributed by atoms with Crippen molar-refractivity contribution in [2.45, 2.75) is 30.8 Å². The van der Waals surface area contributed by atoms with Crippen LogP contribution >= 0.6 is 11.8 Å². The molecule has 108 valence electrons. The first-order valence-electron chi connectivity index (χ1n) is 6.63. The highest BCUT2D eigenvalue weighted by Gasteiger charge is 2.06. The predicted octanol–water partition coefficient (Wildman–Crippen LogP) is 2.10. The van der Waals surface area contributed by atoms with Crippen LogP contribution in [0, 0.1) is 5.82 Å². The molecule has 1 aromatic carbocycles. The van der Waals surface area contributed by atoms with Crippen LogP contribution < -0.4 is 5.32 Å². The number of aromatic nitrogens is 4. The minimum absolute atomic E-state index is 0.217. The van der Waals surface area contributed by atoms with Gasteiger partial charge in [-0.3, -0.25) is 0 Å². The van der Waals surface area contributed by atoms with Crippen molar-refractivity contribution in [2.75, 3.05) is 13.1 Å². The van der Waals surface area contributed by atoms with Gasteiger partial charge in [-0.2, -0.15) is 0 Å². The highest BCUT2D eigenvalue weighted by Crippen LogP contribution is 2.19. The summed E-state index contributed by atoms with van der Waals surface area (Å²) in [7, 11) is 0. The van der Waals surface area contributed by atoms with Crippen molar-refractivity contribution in [3.63, 3.8) is 0 Å². The van der Waals surface area contributed by atoms with Crippen LogP contribution in [-0.2, 0) is 12.3 Å². The third-order valence-electron chi connectivity index (χ3n) is 2.71. The number of nitrogens with zero attached hydrogens (tertiary/aromatic N) is 4. The van der Waals surface area contributed by atoms with E-state index in [1.807, 2.05) is 0 Å². The summed E-state index contributed by atoms with van der Waals surface area (Å²) in [6, 6.07) is 6.49. The number of tetrazole rings is 1. The maximum atomic E-state index is 12.8. The van der Waals surface area contributed by atoms with Crippen LogP contribution in [0.15, 0.2) is 29.4 Å². The minimum Gasteiger partial charge on any atom is -0.315 e. The Balaban J connectivity index is 1.83. The van der Waals surface area contributed by atoms with Crippen LogP contribution in [0.3, 0.4) is 0 Å². The van der Waals surface area contributed by atoms with Crippen molar-refractivity contribution in [1.29, 1.82) is 0 Å². The molecule has 0 atom stereocenters. The first kappa shape index (κ1) is 14.9. The molecule has 2 rings (SSSR count). The number of hydrogen-bond acceptors (Lipinski definition) is 5. The first-order valence-corrected chi connectivity index (χ1v) is 7.62. The third-order valence-corrected chi connectivity index (χ3v) is 3.74. The monoisotopic (exact) mass is 295 g/mol. The van der Waals surface area contributed by atoms with Gasteiger partial charge < -0.3 is 5.32 Å². The smallest absolute Gasteiger partial charge is 0.209 e. The molecule has 0 fully saturated rings. The molecule has 2 aromatic rings. The van der Waals surface area contributed by atoms with Crippen LogP contribution in [0.25, 0.3) is 0 Å². The molecular weight excluding hydrogens is 277 g/mol. The van der Waals surface area contributed by atoms with Gasteiger partial charge in [0.1, 0.15) is 5.82 Å². The molecule has 20 heavy (non-hydrogen) atoms. The maximum absolute atomic E-state index is 12.8. The van der Waals surface area contributed by atoms with Crippen LogP contribution in [0.1, 0.15) is 18.9 Å². The Kier molecular flexibility index (Phi) is 5.94. The molecule has 0 saturated heterocycles. The van der Waals surface area contributed by atoms with Gasteiger partial charge in [-0.15, -0.1) is 5.10 Å². The normalized spacial score (nSPS) is 10.9. The van der Waals surface area contributed by atoms with E-state index in [4.69, 9.17) is 0 Å². The SMILES string of the molecule is CCCNCCn1nnnc1SCc1ccc(F)cc1. The zero-order valence-electron chi connectivity index (χ0n) is 11.4. The van der Waals surface area contributed by atoms with Crippen molar-refractivity contribution in [1.82, 2.24) is 25.5 Å². The number of rotatable bonds is 8. The van der Waals surface area contributed by atoms with E-state index in [2.05, 4.69) is 27.8 Å². The lowest BCUT2D eigenvalue weighted by Gasteiger charge is -2.05. The van der Waals surface area contributed by atoms with E-state index in [0.29, 0.717) is 0 Å². The Morgan fingerprint density at radius 2 is 2.05 bits per heavy atom. The van der Waals surface area contributed by atoms with E-state index in [9.17, 15) is 4.39 Å². The molecule has 0 amide bonds. The summed E-state index contributed by atoms with van der Waals surface area (Å²) >= 11 is 1.55. The Labute approximate surface area is 122 Å². The zero-order chi connectivity index (χ0) is 14.2. The van der Waals surface area contributed by atoms with Gasteiger partial charge in [0.25, 0.3) is 0 Å². The van der Waals surface area contributed by atoms with Crippen molar-refractivity contribution in [3.05, 3.63) is 35.6 Å². The fraction of sp³-hybridized carbons (Fsp3) is 0.462. The van der Waals surface area contributed by atoms with Gasteiger partial charge >= 0.3 is 0 Å². The molecule has 0 saturated carbocycles. The van der Waals surface area contributed by atoms with E-state index in [1.54, 1.807) is 28.6 Å². The molecule has 0 aliphatic carbocycles. The summed E-state index contributed by atoms with van der Waals surface area (Å²) in [6.07, 6.45) is 1.11. The lowest BCUT2D eigenvalue weighted by Crippen LogP contribution is -2.21. The van der Waals surface area contributed by atoms with Gasteiger partial charge in [0.05, 0.1) is 6.54 Å². The van der Waals surface area contributed by atoms with Crippen molar-refractivity contribution < 1.29 is 4.39 Å². The number of nitrogens with one attached hydrogen (secondary N) is 1. The van der Waals surface area contributed by atoms with E-state index < -0.39 is 0 Å². The number of benzene rings is 1. The van der Waals surface area contributed by atoms with E-state index >= 15 is 0 Å². The molecule has 7 heteroatoms. The molecule has 0 radical (unpaired) electrons. The minimum atomic E-state index is -0.217. The zero-order valence-corrected chi connectivity index (χ0v) is 12.2. The third kappa shape index (κ3) is 4.57. The first-order chi connectivity index (χ1) is 9.79. The number of halogens is 1. The van der Waals surface area contributed by atoms with Gasteiger partial charge in [-0.05, 0) is 41.1 Å². The summed E-state index contributed by atoms with van der Waals surface area (Å²) in [5, 5.41) is 15.8. The Morgan fingerprint density at radius 3 is 2.80 bits per heavy atom. The molecular formula is C13H18FN5S. The summed E-state index contributed by atoms with van der Waals surface area (Å²) in [5.41, 5.74) is 1.05. The molecule has 5 nitrogen and oxygen atoms in total. The van der Waals surface area contributed by atoms with Crippen molar-refractivity contribution >= 4 is 11.8 Å². The highest BCUT2D eigenvalue weighted by atomic mass is 32.2. The number of hydrogen-bond donors (Lipinski definition) is 1. The van der Waals surface area contributed by atoms with Crippen LogP contribution in [0.5, 0.6) is 0 Å². The lowest BCUT2D eigenvalue weighted by molar-refractivity contribution is 0.510. The summed E-state index contributed by atoms with van der Waals surface area (Å²) in [5.74, 6) is 0.508. The average Bonchev–Trinajstić information content (AvgIpc) is 2.90. The molecule has 0 unspecified atom stereocenters. The summed E-state index contributed by atoms with van der Waals surface area (Å²) in [6.45, 7) is 4.73. The molecule has 1 heterocycles. The largest absolute Gasteiger partial charge is 0.315 e. The van der Waals surface area contributed by atoms with Gasteiger partial charge in [-0.25, -0.2) is 9.07 Å². The van der Waals surface area contributed by atoms with Crippen LogP contribution in [0.2, 0.25) is 0 Å². The number of thioether (sulfide) groups is 1. The maximum Gasteiger partial charge on any atom is 0.209 e. The second-order valence-corrected chi connectivity index (χ2v) is 5.29. The van der Waals surface area contributed by atoms with Crippen molar-refractivity contribution in [3.8, 4) is 0 Å². The standard InChI is InChI=1S/C13H18FN5S/c1-2-7-15-8-9-19-13(16-17-18-19)20-10-11-3-5-12(14)6-4-11/h3-6,15H,2,7-10H2,1H3. The van der Waals surface area contributed by atoms with Gasteiger partial charge in [0, 0.05) is 12.3 Å². The second-order valence-electron chi connectivity index (χ2n) is 4.35. The highest BCUT2D eigenvalue weighted by molar-refractivity contribution is 7.98. The molecule has 1 aromatic heterocycles. The summed E-state index contributed by atoms with van der Waals surface area (Å²) < 4.78 is 14.6. The van der Waals surface area contributed by atoms with E-state index in [0.717, 1.165) is 42.5 Å². The Morgan fingerprint density at radius 1 is 1.25 bits per heavy atom. The van der Waals surface area contributed by atoms with Crippen LogP contribution in [0.4, 0.5) is 4.39 Å². The quantitative estimate of drug-likeness (QED) is 0.597. The molecule has 1 N–H and O–H groups in total.